The Morgan fingerprint density at radius 2 is 1.64 bits per heavy atom. The minimum atomic E-state index is -0.816. The maximum absolute atomic E-state index is 11.9. The Hall–Kier alpha value is -2.77. The summed E-state index contributed by atoms with van der Waals surface area (Å²) in [4.78, 5) is 35.5. The van der Waals surface area contributed by atoms with E-state index in [9.17, 15) is 14.4 Å². The molecule has 0 heterocycles. The van der Waals surface area contributed by atoms with Crippen LogP contribution in [-0.2, 0) is 9.53 Å². The van der Waals surface area contributed by atoms with Crippen LogP contribution in [0.25, 0.3) is 0 Å². The first-order valence-corrected chi connectivity index (χ1v) is 9.35. The fourth-order valence-corrected chi connectivity index (χ4v) is 2.24. The van der Waals surface area contributed by atoms with Crippen molar-refractivity contribution in [1.29, 1.82) is 0 Å². The Morgan fingerprint density at radius 1 is 1.00 bits per heavy atom. The first-order valence-electron chi connectivity index (χ1n) is 9.35. The van der Waals surface area contributed by atoms with E-state index < -0.39 is 17.7 Å². The van der Waals surface area contributed by atoms with E-state index in [0.717, 1.165) is 0 Å². The lowest BCUT2D eigenvalue weighted by molar-refractivity contribution is -0.121. The van der Waals surface area contributed by atoms with Gasteiger partial charge in [-0.25, -0.2) is 9.59 Å². The molecule has 0 aliphatic rings. The summed E-state index contributed by atoms with van der Waals surface area (Å²) in [5, 5.41) is 8.12. The van der Waals surface area contributed by atoms with E-state index in [1.807, 2.05) is 19.9 Å². The molecule has 1 aromatic rings. The molecule has 0 saturated heterocycles. The zero-order valence-electron chi connectivity index (χ0n) is 17.2. The summed E-state index contributed by atoms with van der Waals surface area (Å²) in [6.45, 7) is 8.97. The van der Waals surface area contributed by atoms with Gasteiger partial charge in [-0.2, -0.15) is 0 Å². The second-order valence-electron chi connectivity index (χ2n) is 7.59. The molecule has 1 unspecified atom stereocenters. The number of benzene rings is 1. The smallest absolute Gasteiger partial charge is 0.413 e. The number of amides is 3. The van der Waals surface area contributed by atoms with Crippen molar-refractivity contribution in [2.75, 3.05) is 6.61 Å². The highest BCUT2D eigenvalue weighted by Gasteiger charge is 2.24. The molecule has 156 valence electrons. The van der Waals surface area contributed by atoms with Crippen LogP contribution in [0.4, 0.5) is 9.59 Å². The lowest BCUT2D eigenvalue weighted by Gasteiger charge is -2.25. The SMILES string of the molecule is CC(C)NC(=O)CCC(C)NC(=O)OCC(C)(C)NC(=O)Oc1ccccc1. The molecule has 8 nitrogen and oxygen atoms in total. The molecule has 3 amide bonds. The van der Waals surface area contributed by atoms with E-state index in [1.165, 1.54) is 0 Å². The third kappa shape index (κ3) is 10.4. The van der Waals surface area contributed by atoms with Gasteiger partial charge < -0.3 is 25.4 Å². The van der Waals surface area contributed by atoms with E-state index in [4.69, 9.17) is 9.47 Å². The number of nitrogens with one attached hydrogen (secondary N) is 3. The van der Waals surface area contributed by atoms with Gasteiger partial charge in [-0.3, -0.25) is 4.79 Å². The molecule has 8 heteroatoms. The van der Waals surface area contributed by atoms with Crippen LogP contribution < -0.4 is 20.7 Å². The van der Waals surface area contributed by atoms with Crippen LogP contribution in [0, 0.1) is 0 Å². The highest BCUT2D eigenvalue weighted by molar-refractivity contribution is 5.76. The summed E-state index contributed by atoms with van der Waals surface area (Å²) in [5.74, 6) is 0.365. The first kappa shape index (κ1) is 23.3. The number of ether oxygens (including phenoxy) is 2. The number of para-hydroxylation sites is 1. The summed E-state index contributed by atoms with van der Waals surface area (Å²) in [7, 11) is 0. The van der Waals surface area contributed by atoms with Gasteiger partial charge >= 0.3 is 12.2 Å². The maximum Gasteiger partial charge on any atom is 0.413 e. The number of carbonyl (C=O) groups excluding carboxylic acids is 3. The van der Waals surface area contributed by atoms with Gasteiger partial charge in [-0.1, -0.05) is 18.2 Å². The Morgan fingerprint density at radius 3 is 2.25 bits per heavy atom. The minimum absolute atomic E-state index is 0.0384. The van der Waals surface area contributed by atoms with Crippen molar-refractivity contribution in [2.45, 2.75) is 65.1 Å². The molecule has 0 spiro atoms. The summed E-state index contributed by atoms with van der Waals surface area (Å²) >= 11 is 0. The van der Waals surface area contributed by atoms with E-state index >= 15 is 0 Å². The van der Waals surface area contributed by atoms with E-state index in [1.54, 1.807) is 45.0 Å². The third-order valence-corrected chi connectivity index (χ3v) is 3.58. The van der Waals surface area contributed by atoms with Crippen molar-refractivity contribution in [2.24, 2.45) is 0 Å². The van der Waals surface area contributed by atoms with Crippen LogP contribution in [0.2, 0.25) is 0 Å². The molecule has 0 bridgehead atoms. The largest absolute Gasteiger partial charge is 0.447 e. The number of alkyl carbamates (subject to hydrolysis) is 1. The van der Waals surface area contributed by atoms with Crippen LogP contribution in [0.3, 0.4) is 0 Å². The van der Waals surface area contributed by atoms with Crippen molar-refractivity contribution in [3.8, 4) is 5.75 Å². The second kappa shape index (κ2) is 11.2. The van der Waals surface area contributed by atoms with Gasteiger partial charge in [-0.15, -0.1) is 0 Å². The monoisotopic (exact) mass is 393 g/mol. The molecular weight excluding hydrogens is 362 g/mol. The highest BCUT2D eigenvalue weighted by atomic mass is 16.6. The molecule has 1 atom stereocenters. The predicted octanol–water partition coefficient (Wildman–Crippen LogP) is 2.97. The molecule has 28 heavy (non-hydrogen) atoms. The number of rotatable bonds is 9. The molecule has 0 aliphatic heterocycles. The normalized spacial score (nSPS) is 12.1. The van der Waals surface area contributed by atoms with Gasteiger partial charge in [0, 0.05) is 18.5 Å². The predicted molar refractivity (Wildman–Crippen MR) is 106 cm³/mol. The van der Waals surface area contributed by atoms with Gasteiger partial charge in [0.15, 0.2) is 0 Å². The zero-order valence-corrected chi connectivity index (χ0v) is 17.2. The molecule has 1 rings (SSSR count). The summed E-state index contributed by atoms with van der Waals surface area (Å²) in [6, 6.07) is 8.54. The minimum Gasteiger partial charge on any atom is -0.447 e. The van der Waals surface area contributed by atoms with Crippen molar-refractivity contribution >= 4 is 18.1 Å². The molecule has 0 radical (unpaired) electrons. The second-order valence-corrected chi connectivity index (χ2v) is 7.59. The van der Waals surface area contributed by atoms with Crippen molar-refractivity contribution in [3.05, 3.63) is 30.3 Å². The van der Waals surface area contributed by atoms with E-state index in [0.29, 0.717) is 18.6 Å². The van der Waals surface area contributed by atoms with Crippen molar-refractivity contribution in [1.82, 2.24) is 16.0 Å². The lowest BCUT2D eigenvalue weighted by Crippen LogP contribution is -2.49. The molecule has 0 saturated carbocycles. The Bertz CT molecular complexity index is 647. The van der Waals surface area contributed by atoms with Crippen molar-refractivity contribution in [3.63, 3.8) is 0 Å². The Labute approximate surface area is 166 Å². The first-order chi connectivity index (χ1) is 13.1. The van der Waals surface area contributed by atoms with Gasteiger partial charge in [0.05, 0.1) is 5.54 Å². The third-order valence-electron chi connectivity index (χ3n) is 3.58. The topological polar surface area (TPSA) is 106 Å². The number of carbonyl (C=O) groups is 3. The quantitative estimate of drug-likeness (QED) is 0.598. The van der Waals surface area contributed by atoms with Crippen molar-refractivity contribution < 1.29 is 23.9 Å². The lowest BCUT2D eigenvalue weighted by atomic mass is 10.1. The molecule has 3 N–H and O–H groups in total. The number of hydrogen-bond acceptors (Lipinski definition) is 5. The highest BCUT2D eigenvalue weighted by Crippen LogP contribution is 2.10. The van der Waals surface area contributed by atoms with Crippen LogP contribution in [0.5, 0.6) is 5.75 Å². The van der Waals surface area contributed by atoms with E-state index in [-0.39, 0.29) is 24.6 Å². The summed E-state index contributed by atoms with van der Waals surface area (Å²) < 4.78 is 10.3. The van der Waals surface area contributed by atoms with Gasteiger partial charge in [0.2, 0.25) is 5.91 Å². The van der Waals surface area contributed by atoms with Gasteiger partial charge in [0.25, 0.3) is 0 Å². The Kier molecular flexibility index (Phi) is 9.27. The van der Waals surface area contributed by atoms with Crippen LogP contribution in [0.15, 0.2) is 30.3 Å². The summed E-state index contributed by atoms with van der Waals surface area (Å²) in [6.07, 6.45) is -0.427. The molecule has 0 aromatic heterocycles. The van der Waals surface area contributed by atoms with Gasteiger partial charge in [-0.05, 0) is 53.2 Å². The fraction of sp³-hybridized carbons (Fsp3) is 0.550. The molecule has 0 fully saturated rings. The molecule has 1 aromatic carbocycles. The molecular formula is C20H31N3O5. The van der Waals surface area contributed by atoms with Crippen LogP contribution in [0.1, 0.15) is 47.5 Å². The summed E-state index contributed by atoms with van der Waals surface area (Å²) in [5.41, 5.74) is -0.816. The average molecular weight is 393 g/mol. The van der Waals surface area contributed by atoms with Gasteiger partial charge in [0.1, 0.15) is 12.4 Å². The number of hydrogen-bond donors (Lipinski definition) is 3. The molecule has 0 aliphatic carbocycles. The van der Waals surface area contributed by atoms with E-state index in [2.05, 4.69) is 16.0 Å². The maximum atomic E-state index is 11.9. The van der Waals surface area contributed by atoms with Crippen LogP contribution in [-0.4, -0.2) is 42.3 Å². The zero-order chi connectivity index (χ0) is 21.2. The average Bonchev–Trinajstić information content (AvgIpc) is 2.58. The fourth-order valence-electron chi connectivity index (χ4n) is 2.24. The Balaban J connectivity index is 2.31. The van der Waals surface area contributed by atoms with Crippen LogP contribution >= 0.6 is 0 Å². The standard InChI is InChI=1S/C20H31N3O5/c1-14(2)21-17(24)12-11-15(3)22-18(25)27-13-20(4,5)23-19(26)28-16-9-7-6-8-10-16/h6-10,14-15H,11-13H2,1-5H3,(H,21,24)(H,22,25)(H,23,26).